The van der Waals surface area contributed by atoms with Crippen LogP contribution in [0.25, 0.3) is 11.0 Å². The van der Waals surface area contributed by atoms with E-state index in [1.165, 1.54) is 17.7 Å². The molecule has 0 saturated carbocycles. The van der Waals surface area contributed by atoms with Crippen LogP contribution in [0, 0.1) is 6.92 Å². The molecule has 2 rings (SSSR count). The van der Waals surface area contributed by atoms with Crippen LogP contribution in [0.5, 0.6) is 0 Å². The van der Waals surface area contributed by atoms with Crippen LogP contribution in [0.15, 0.2) is 15.7 Å². The Kier molecular flexibility index (Phi) is 3.20. The molecule has 0 atom stereocenters. The van der Waals surface area contributed by atoms with Gasteiger partial charge in [0.05, 0.1) is 23.3 Å². The summed E-state index contributed by atoms with van der Waals surface area (Å²) in [5.74, 6) is -0.539. The lowest BCUT2D eigenvalue weighted by Crippen LogP contribution is -2.29. The van der Waals surface area contributed by atoms with Crippen LogP contribution in [0.3, 0.4) is 0 Å². The maximum atomic E-state index is 11.7. The fraction of sp³-hybridized carbons (Fsp3) is 0.333. The lowest BCUT2D eigenvalue weighted by molar-refractivity contribution is 0.0525. The first kappa shape index (κ1) is 13.0. The lowest BCUT2D eigenvalue weighted by Gasteiger charge is -2.08. The van der Waals surface area contributed by atoms with Crippen LogP contribution in [0.1, 0.15) is 23.0 Å². The van der Waals surface area contributed by atoms with E-state index in [2.05, 4.69) is 9.97 Å². The number of aromatic nitrogens is 3. The van der Waals surface area contributed by atoms with E-state index in [-0.39, 0.29) is 23.2 Å². The minimum Gasteiger partial charge on any atom is -0.462 e. The summed E-state index contributed by atoms with van der Waals surface area (Å²) in [5, 5.41) is 0.177. The van der Waals surface area contributed by atoms with Crippen molar-refractivity contribution in [3.8, 4) is 0 Å². The van der Waals surface area contributed by atoms with E-state index in [0.717, 1.165) is 0 Å². The zero-order chi connectivity index (χ0) is 14.2. The van der Waals surface area contributed by atoms with Crippen molar-refractivity contribution in [3.05, 3.63) is 38.2 Å². The number of rotatable bonds is 2. The van der Waals surface area contributed by atoms with Crippen molar-refractivity contribution in [1.82, 2.24) is 14.5 Å². The van der Waals surface area contributed by atoms with Crippen molar-refractivity contribution in [1.29, 1.82) is 0 Å². The number of carbonyl (C=O) groups excluding carboxylic acids is 1. The van der Waals surface area contributed by atoms with Gasteiger partial charge in [-0.2, -0.15) is 0 Å². The molecule has 1 N–H and O–H groups in total. The third kappa shape index (κ3) is 2.14. The summed E-state index contributed by atoms with van der Waals surface area (Å²) in [6.45, 7) is 3.55. The highest BCUT2D eigenvalue weighted by Crippen LogP contribution is 2.13. The van der Waals surface area contributed by atoms with Crippen LogP contribution in [0.2, 0.25) is 0 Å². The van der Waals surface area contributed by atoms with Crippen molar-refractivity contribution < 1.29 is 9.53 Å². The zero-order valence-electron chi connectivity index (χ0n) is 10.8. The average Bonchev–Trinajstić information content (AvgIpc) is 2.35. The molecule has 0 radical (unpaired) electrons. The minimum absolute atomic E-state index is 0.177. The number of hydrogen-bond donors (Lipinski definition) is 1. The summed E-state index contributed by atoms with van der Waals surface area (Å²) >= 11 is 0. The van der Waals surface area contributed by atoms with E-state index in [4.69, 9.17) is 4.74 Å². The molecule has 0 fully saturated rings. The summed E-state index contributed by atoms with van der Waals surface area (Å²) in [5.41, 5.74) is -0.256. The molecular weight excluding hydrogens is 250 g/mol. The fourth-order valence-corrected chi connectivity index (χ4v) is 1.78. The number of ether oxygens (including phenoxy) is 1. The van der Waals surface area contributed by atoms with Gasteiger partial charge in [0.1, 0.15) is 5.65 Å². The van der Waals surface area contributed by atoms with Crippen LogP contribution >= 0.6 is 0 Å². The summed E-state index contributed by atoms with van der Waals surface area (Å²) < 4.78 is 6.11. The fourth-order valence-electron chi connectivity index (χ4n) is 1.78. The predicted molar refractivity (Wildman–Crippen MR) is 68.3 cm³/mol. The average molecular weight is 263 g/mol. The number of fused-ring (bicyclic) bond motifs is 1. The molecule has 0 unspecified atom stereocenters. The number of aromatic amines is 1. The topological polar surface area (TPSA) is 94.0 Å². The molecule has 0 saturated heterocycles. The van der Waals surface area contributed by atoms with Crippen LogP contribution < -0.4 is 11.2 Å². The quantitative estimate of drug-likeness (QED) is 0.776. The van der Waals surface area contributed by atoms with E-state index in [1.807, 2.05) is 0 Å². The standard InChI is InChI=1S/C12H13N3O4/c1-4-19-11(17)7-5-8-9(13-6(7)2)15(3)12(18)14-10(8)16/h5H,4H2,1-3H3,(H,14,16,18). The Balaban J connectivity index is 2.80. The Morgan fingerprint density at radius 2 is 2.16 bits per heavy atom. The van der Waals surface area contributed by atoms with Gasteiger partial charge in [-0.05, 0) is 19.9 Å². The number of H-pyrrole nitrogens is 1. The molecular formula is C12H13N3O4. The van der Waals surface area contributed by atoms with Gasteiger partial charge < -0.3 is 4.74 Å². The highest BCUT2D eigenvalue weighted by Gasteiger charge is 2.15. The van der Waals surface area contributed by atoms with E-state index < -0.39 is 17.2 Å². The summed E-state index contributed by atoms with van der Waals surface area (Å²) in [6.07, 6.45) is 0. The Morgan fingerprint density at radius 3 is 2.79 bits per heavy atom. The van der Waals surface area contributed by atoms with Crippen molar-refractivity contribution in [2.45, 2.75) is 13.8 Å². The third-order valence-corrected chi connectivity index (χ3v) is 2.78. The number of pyridine rings is 1. The molecule has 0 aromatic carbocycles. The predicted octanol–water partition coefficient (Wildman–Crippen LogP) is 0.107. The van der Waals surface area contributed by atoms with Gasteiger partial charge in [0.2, 0.25) is 0 Å². The van der Waals surface area contributed by atoms with E-state index in [9.17, 15) is 14.4 Å². The molecule has 7 nitrogen and oxygen atoms in total. The summed E-state index contributed by atoms with van der Waals surface area (Å²) in [6, 6.07) is 1.40. The molecule has 7 heteroatoms. The molecule has 2 aromatic heterocycles. The maximum absolute atomic E-state index is 11.7. The van der Waals surface area contributed by atoms with E-state index in [0.29, 0.717) is 5.69 Å². The van der Waals surface area contributed by atoms with Crippen LogP contribution in [0.4, 0.5) is 0 Å². The molecule has 0 spiro atoms. The molecule has 0 amide bonds. The van der Waals surface area contributed by atoms with Crippen LogP contribution in [-0.2, 0) is 11.8 Å². The lowest BCUT2D eigenvalue weighted by atomic mass is 10.1. The van der Waals surface area contributed by atoms with Gasteiger partial charge in [-0.15, -0.1) is 0 Å². The molecule has 2 heterocycles. The first-order valence-corrected chi connectivity index (χ1v) is 5.73. The normalized spacial score (nSPS) is 10.7. The van der Waals surface area contributed by atoms with Crippen molar-refractivity contribution in [2.75, 3.05) is 6.61 Å². The molecule has 2 aromatic rings. The molecule has 100 valence electrons. The monoisotopic (exact) mass is 263 g/mol. The van der Waals surface area contributed by atoms with Crippen molar-refractivity contribution in [2.24, 2.45) is 7.05 Å². The second kappa shape index (κ2) is 4.68. The molecule has 0 aliphatic rings. The van der Waals surface area contributed by atoms with Gasteiger partial charge in [-0.1, -0.05) is 0 Å². The van der Waals surface area contributed by atoms with E-state index in [1.54, 1.807) is 13.8 Å². The maximum Gasteiger partial charge on any atom is 0.339 e. The minimum atomic E-state index is -0.573. The summed E-state index contributed by atoms with van der Waals surface area (Å²) in [7, 11) is 1.50. The van der Waals surface area contributed by atoms with Gasteiger partial charge in [-0.3, -0.25) is 14.3 Å². The Labute approximate surface area is 107 Å². The number of nitrogens with zero attached hydrogens (tertiary/aromatic N) is 2. The van der Waals surface area contributed by atoms with E-state index >= 15 is 0 Å². The second-order valence-electron chi connectivity index (χ2n) is 4.03. The van der Waals surface area contributed by atoms with Gasteiger partial charge in [0, 0.05) is 7.05 Å². The van der Waals surface area contributed by atoms with Gasteiger partial charge in [0.25, 0.3) is 5.56 Å². The first-order chi connectivity index (χ1) is 8.95. The largest absolute Gasteiger partial charge is 0.462 e. The Hall–Kier alpha value is -2.44. The third-order valence-electron chi connectivity index (χ3n) is 2.78. The smallest absolute Gasteiger partial charge is 0.339 e. The number of carbonyl (C=O) groups is 1. The SMILES string of the molecule is CCOC(=O)c1cc2c(=O)[nH]c(=O)n(C)c2nc1C. The second-order valence-corrected chi connectivity index (χ2v) is 4.03. The Morgan fingerprint density at radius 1 is 1.47 bits per heavy atom. The number of aryl methyl sites for hydroxylation is 2. The van der Waals surface area contributed by atoms with Gasteiger partial charge >= 0.3 is 11.7 Å². The zero-order valence-corrected chi connectivity index (χ0v) is 10.8. The highest BCUT2D eigenvalue weighted by atomic mass is 16.5. The first-order valence-electron chi connectivity index (χ1n) is 5.73. The number of esters is 1. The van der Waals surface area contributed by atoms with Gasteiger partial charge in [-0.25, -0.2) is 14.6 Å². The number of nitrogens with one attached hydrogen (secondary N) is 1. The molecule has 19 heavy (non-hydrogen) atoms. The number of hydrogen-bond acceptors (Lipinski definition) is 5. The van der Waals surface area contributed by atoms with Crippen molar-refractivity contribution >= 4 is 17.0 Å². The molecule has 0 aliphatic heterocycles. The van der Waals surface area contributed by atoms with Crippen molar-refractivity contribution in [3.63, 3.8) is 0 Å². The Bertz CT molecular complexity index is 773. The van der Waals surface area contributed by atoms with Crippen LogP contribution in [-0.4, -0.2) is 27.1 Å². The molecule has 0 bridgehead atoms. The van der Waals surface area contributed by atoms with Gasteiger partial charge in [0.15, 0.2) is 0 Å². The molecule has 0 aliphatic carbocycles. The summed E-state index contributed by atoms with van der Waals surface area (Å²) in [4.78, 5) is 41.2. The highest BCUT2D eigenvalue weighted by molar-refractivity contribution is 5.94.